The van der Waals surface area contributed by atoms with Gasteiger partial charge in [-0.25, -0.2) is 4.79 Å². The number of benzene rings is 3. The summed E-state index contributed by atoms with van der Waals surface area (Å²) >= 11 is 0. The third-order valence-corrected chi connectivity index (χ3v) is 6.48. The summed E-state index contributed by atoms with van der Waals surface area (Å²) in [5.74, 6) is -0.654. The van der Waals surface area contributed by atoms with Crippen LogP contribution in [0.4, 0.5) is 0 Å². The Hall–Kier alpha value is -3.98. The molecule has 8 heteroatoms. The van der Waals surface area contributed by atoms with Crippen LogP contribution in [0.1, 0.15) is 30.5 Å². The van der Waals surface area contributed by atoms with Gasteiger partial charge in [-0.1, -0.05) is 91.0 Å². The predicted molar refractivity (Wildman–Crippen MR) is 153 cm³/mol. The second-order valence-electron chi connectivity index (χ2n) is 9.66. The Bertz CT molecular complexity index is 1250. The van der Waals surface area contributed by atoms with E-state index in [1.165, 1.54) is 13.0 Å². The highest BCUT2D eigenvalue weighted by molar-refractivity contribution is 5.83. The molecule has 8 nitrogen and oxygen atoms in total. The normalized spacial score (nSPS) is 21.2. The average molecular weight is 560 g/mol. The van der Waals surface area contributed by atoms with Crippen LogP contribution >= 0.6 is 0 Å². The third-order valence-electron chi connectivity index (χ3n) is 6.48. The van der Waals surface area contributed by atoms with Crippen LogP contribution in [0.25, 0.3) is 0 Å². The predicted octanol–water partition coefficient (Wildman–Crippen LogP) is 4.72. The Labute approximate surface area is 241 Å². The van der Waals surface area contributed by atoms with Crippen LogP contribution < -0.4 is 5.32 Å². The van der Waals surface area contributed by atoms with Gasteiger partial charge in [0.05, 0.1) is 39.1 Å². The maximum Gasteiger partial charge on any atom is 0.334 e. The molecule has 1 fully saturated rings. The SMILES string of the molecule is CCOC(=O)/C=C1\O[C@H](COCc2ccccc2)[C@@H](OCc2ccccc2)[C@H](OCc2ccccc2)[C@H]1NC(C)=O. The second-order valence-corrected chi connectivity index (χ2v) is 9.66. The lowest BCUT2D eigenvalue weighted by Crippen LogP contribution is -2.60. The fourth-order valence-corrected chi connectivity index (χ4v) is 4.60. The number of esters is 1. The number of carbonyl (C=O) groups excluding carboxylic acids is 2. The van der Waals surface area contributed by atoms with Crippen LogP contribution in [0.5, 0.6) is 0 Å². The van der Waals surface area contributed by atoms with E-state index in [0.717, 1.165) is 16.7 Å². The average Bonchev–Trinajstić information content (AvgIpc) is 2.98. The largest absolute Gasteiger partial charge is 0.487 e. The van der Waals surface area contributed by atoms with Gasteiger partial charge in [-0.2, -0.15) is 0 Å². The molecule has 4 rings (SSSR count). The summed E-state index contributed by atoms with van der Waals surface area (Å²) in [5, 5.41) is 2.91. The third kappa shape index (κ3) is 9.28. The molecule has 0 spiro atoms. The van der Waals surface area contributed by atoms with Gasteiger partial charge >= 0.3 is 5.97 Å². The van der Waals surface area contributed by atoms with E-state index < -0.39 is 30.3 Å². The standard InChI is InChI=1S/C33H37NO7/c1-3-38-30(36)19-28-31(34-24(2)35)33(40-22-27-17-11-6-12-18-27)32(39-21-26-15-9-5-10-16-26)29(41-28)23-37-20-25-13-7-4-8-14-25/h4-19,29,31-33H,3,20-23H2,1-2H3,(H,34,35)/b28-19-/t29-,31+,32-,33-/m1/s1. The summed E-state index contributed by atoms with van der Waals surface area (Å²) in [7, 11) is 0. The van der Waals surface area contributed by atoms with Gasteiger partial charge in [0, 0.05) is 6.92 Å². The summed E-state index contributed by atoms with van der Waals surface area (Å²) in [6.45, 7) is 4.41. The van der Waals surface area contributed by atoms with Crippen molar-refractivity contribution in [3.63, 3.8) is 0 Å². The number of hydrogen-bond acceptors (Lipinski definition) is 7. The van der Waals surface area contributed by atoms with Crippen LogP contribution in [0.15, 0.2) is 103 Å². The molecule has 3 aromatic carbocycles. The highest BCUT2D eigenvalue weighted by atomic mass is 16.6. The van der Waals surface area contributed by atoms with Gasteiger partial charge < -0.3 is 29.0 Å². The van der Waals surface area contributed by atoms with Crippen molar-refractivity contribution in [1.29, 1.82) is 0 Å². The van der Waals surface area contributed by atoms with Crippen molar-refractivity contribution in [2.24, 2.45) is 0 Å². The van der Waals surface area contributed by atoms with Crippen molar-refractivity contribution in [3.8, 4) is 0 Å². The van der Waals surface area contributed by atoms with Crippen molar-refractivity contribution in [2.75, 3.05) is 13.2 Å². The lowest BCUT2D eigenvalue weighted by Gasteiger charge is -2.43. The smallest absolute Gasteiger partial charge is 0.334 e. The van der Waals surface area contributed by atoms with Crippen molar-refractivity contribution < 1.29 is 33.3 Å². The molecular formula is C33H37NO7. The van der Waals surface area contributed by atoms with Gasteiger partial charge in [-0.15, -0.1) is 0 Å². The maximum atomic E-state index is 12.5. The first-order valence-corrected chi connectivity index (χ1v) is 13.8. The summed E-state index contributed by atoms with van der Waals surface area (Å²) in [6, 6.07) is 28.5. The second kappa shape index (κ2) is 15.7. The van der Waals surface area contributed by atoms with Crippen molar-refractivity contribution >= 4 is 11.9 Å². The molecule has 41 heavy (non-hydrogen) atoms. The van der Waals surface area contributed by atoms with Crippen molar-refractivity contribution in [3.05, 3.63) is 120 Å². The lowest BCUT2D eigenvalue weighted by molar-refractivity contribution is -0.189. The minimum atomic E-state index is -0.799. The molecule has 0 bridgehead atoms. The number of carbonyl (C=O) groups is 2. The number of amides is 1. The first-order chi connectivity index (χ1) is 20.0. The van der Waals surface area contributed by atoms with Crippen LogP contribution in [0.3, 0.4) is 0 Å². The molecule has 0 radical (unpaired) electrons. The monoisotopic (exact) mass is 559 g/mol. The van der Waals surface area contributed by atoms with Gasteiger partial charge in [0.15, 0.2) is 6.10 Å². The molecule has 1 aliphatic heterocycles. The van der Waals surface area contributed by atoms with Gasteiger partial charge in [-0.05, 0) is 23.6 Å². The zero-order chi connectivity index (χ0) is 28.9. The Morgan fingerprint density at radius 3 is 1.80 bits per heavy atom. The van der Waals surface area contributed by atoms with E-state index in [-0.39, 0.29) is 31.5 Å². The zero-order valence-corrected chi connectivity index (χ0v) is 23.4. The van der Waals surface area contributed by atoms with Gasteiger partial charge in [0.25, 0.3) is 0 Å². The Balaban J connectivity index is 1.65. The van der Waals surface area contributed by atoms with Gasteiger partial charge in [0.1, 0.15) is 24.0 Å². The van der Waals surface area contributed by atoms with Crippen LogP contribution in [0, 0.1) is 0 Å². The van der Waals surface area contributed by atoms with Crippen LogP contribution in [-0.2, 0) is 53.1 Å². The molecule has 0 unspecified atom stereocenters. The number of rotatable bonds is 13. The van der Waals surface area contributed by atoms with E-state index >= 15 is 0 Å². The number of hydrogen-bond donors (Lipinski definition) is 1. The van der Waals surface area contributed by atoms with E-state index in [0.29, 0.717) is 13.2 Å². The van der Waals surface area contributed by atoms with Crippen molar-refractivity contribution in [2.45, 2.75) is 58.0 Å². The topological polar surface area (TPSA) is 92.3 Å². The summed E-state index contributed by atoms with van der Waals surface area (Å²) < 4.78 is 30.5. The highest BCUT2D eigenvalue weighted by Crippen LogP contribution is 2.31. The van der Waals surface area contributed by atoms with Crippen LogP contribution in [-0.4, -0.2) is 49.4 Å². The fourth-order valence-electron chi connectivity index (χ4n) is 4.60. The Kier molecular flexibility index (Phi) is 11.5. The van der Waals surface area contributed by atoms with E-state index in [2.05, 4.69) is 5.32 Å². The fraction of sp³-hybridized carbons (Fsp3) is 0.333. The van der Waals surface area contributed by atoms with Crippen molar-refractivity contribution in [1.82, 2.24) is 5.32 Å². The summed E-state index contributed by atoms with van der Waals surface area (Å²) in [5.41, 5.74) is 2.94. The Morgan fingerprint density at radius 1 is 0.780 bits per heavy atom. The van der Waals surface area contributed by atoms with Gasteiger partial charge in [0.2, 0.25) is 5.91 Å². The molecule has 0 aliphatic carbocycles. The maximum absolute atomic E-state index is 12.5. The van der Waals surface area contributed by atoms with E-state index in [1.807, 2.05) is 91.0 Å². The molecule has 1 aliphatic rings. The first-order valence-electron chi connectivity index (χ1n) is 13.8. The van der Waals surface area contributed by atoms with E-state index in [9.17, 15) is 9.59 Å². The first kappa shape index (κ1) is 30.0. The number of nitrogens with one attached hydrogen (secondary N) is 1. The molecular weight excluding hydrogens is 522 g/mol. The summed E-state index contributed by atoms with van der Waals surface area (Å²) in [4.78, 5) is 24.9. The summed E-state index contributed by atoms with van der Waals surface area (Å²) in [6.07, 6.45) is -0.733. The molecule has 3 aromatic rings. The Morgan fingerprint density at radius 2 is 1.29 bits per heavy atom. The quantitative estimate of drug-likeness (QED) is 0.239. The molecule has 216 valence electrons. The minimum absolute atomic E-state index is 0.159. The highest BCUT2D eigenvalue weighted by Gasteiger charge is 2.46. The minimum Gasteiger partial charge on any atom is -0.487 e. The van der Waals surface area contributed by atoms with Gasteiger partial charge in [-0.3, -0.25) is 4.79 Å². The van der Waals surface area contributed by atoms with E-state index in [4.69, 9.17) is 23.7 Å². The number of ether oxygens (including phenoxy) is 5. The molecule has 1 heterocycles. The molecule has 0 saturated carbocycles. The molecule has 1 saturated heterocycles. The van der Waals surface area contributed by atoms with Crippen LogP contribution in [0.2, 0.25) is 0 Å². The zero-order valence-electron chi connectivity index (χ0n) is 23.4. The molecule has 1 amide bonds. The lowest BCUT2D eigenvalue weighted by atomic mass is 9.94. The molecule has 4 atom stereocenters. The molecule has 1 N–H and O–H groups in total. The van der Waals surface area contributed by atoms with E-state index in [1.54, 1.807) is 6.92 Å². The molecule has 0 aromatic heterocycles.